The summed E-state index contributed by atoms with van der Waals surface area (Å²) in [6.07, 6.45) is 10.3. The molecule has 1 aliphatic heterocycles. The lowest BCUT2D eigenvalue weighted by Gasteiger charge is -2.21. The molecule has 20 heavy (non-hydrogen) atoms. The maximum Gasteiger partial charge on any atom is 0.0677 e. The molecule has 2 aliphatic rings. The zero-order valence-electron chi connectivity index (χ0n) is 11.5. The summed E-state index contributed by atoms with van der Waals surface area (Å²) < 4.78 is 0. The highest BCUT2D eigenvalue weighted by molar-refractivity contribution is 6.31. The first kappa shape index (κ1) is 13.1. The molecule has 0 radical (unpaired) electrons. The zero-order valence-corrected chi connectivity index (χ0v) is 12.2. The van der Waals surface area contributed by atoms with Crippen LogP contribution in [0.15, 0.2) is 64.3 Å². The van der Waals surface area contributed by atoms with Crippen molar-refractivity contribution in [3.63, 3.8) is 0 Å². The van der Waals surface area contributed by atoms with Gasteiger partial charge in [-0.25, -0.2) is 0 Å². The third kappa shape index (κ3) is 2.39. The Hall–Kier alpha value is -1.93. The zero-order chi connectivity index (χ0) is 14.1. The average Bonchev–Trinajstić information content (AvgIpc) is 2.43. The van der Waals surface area contributed by atoms with E-state index in [2.05, 4.69) is 11.1 Å². The van der Waals surface area contributed by atoms with Gasteiger partial charge in [0.2, 0.25) is 0 Å². The Bertz CT molecular complexity index is 706. The van der Waals surface area contributed by atoms with Gasteiger partial charge in [0.1, 0.15) is 0 Å². The first-order valence-electron chi connectivity index (χ1n) is 6.60. The maximum atomic E-state index is 6.16. The molecule has 0 fully saturated rings. The third-order valence-corrected chi connectivity index (χ3v) is 3.88. The van der Waals surface area contributed by atoms with Gasteiger partial charge < -0.3 is 0 Å². The molecule has 0 spiro atoms. The van der Waals surface area contributed by atoms with Crippen molar-refractivity contribution in [2.45, 2.75) is 13.8 Å². The van der Waals surface area contributed by atoms with Gasteiger partial charge in [-0.05, 0) is 43.7 Å². The summed E-state index contributed by atoms with van der Waals surface area (Å²) in [5, 5.41) is 0.747. The van der Waals surface area contributed by atoms with Gasteiger partial charge in [0, 0.05) is 10.7 Å². The number of allylic oxidation sites excluding steroid dienone is 6. The van der Waals surface area contributed by atoms with Crippen LogP contribution in [0.1, 0.15) is 12.5 Å². The number of hydrogen-bond acceptors (Lipinski definition) is 2. The molecule has 0 bridgehead atoms. The summed E-state index contributed by atoms with van der Waals surface area (Å²) in [5.41, 5.74) is 4.96. The fraction of sp³-hybridized carbons (Fsp3) is 0.176. The number of aliphatic imine (C=N–C) groups is 2. The second-order valence-electron chi connectivity index (χ2n) is 4.96. The fourth-order valence-corrected chi connectivity index (χ4v) is 2.56. The highest BCUT2D eigenvalue weighted by Gasteiger charge is 2.22. The minimum Gasteiger partial charge on any atom is -0.257 e. The highest BCUT2D eigenvalue weighted by atomic mass is 35.5. The predicted molar refractivity (Wildman–Crippen MR) is 86.2 cm³/mol. The van der Waals surface area contributed by atoms with Crippen molar-refractivity contribution < 1.29 is 0 Å². The largest absolute Gasteiger partial charge is 0.257 e. The summed E-state index contributed by atoms with van der Waals surface area (Å²) in [7, 11) is 0. The van der Waals surface area contributed by atoms with Crippen LogP contribution in [-0.4, -0.2) is 11.4 Å². The van der Waals surface area contributed by atoms with Crippen LogP contribution in [0.4, 0.5) is 5.69 Å². The van der Waals surface area contributed by atoms with Crippen LogP contribution in [0.25, 0.3) is 0 Å². The molecule has 0 saturated carbocycles. The van der Waals surface area contributed by atoms with Crippen LogP contribution >= 0.6 is 11.6 Å². The van der Waals surface area contributed by atoms with E-state index >= 15 is 0 Å². The van der Waals surface area contributed by atoms with E-state index < -0.39 is 0 Å². The summed E-state index contributed by atoms with van der Waals surface area (Å²) in [6, 6.07) is 5.81. The molecule has 3 heteroatoms. The Kier molecular flexibility index (Phi) is 3.41. The molecule has 0 saturated heterocycles. The lowest BCUT2D eigenvalue weighted by Crippen LogP contribution is -2.24. The van der Waals surface area contributed by atoms with Crippen molar-refractivity contribution in [1.82, 2.24) is 0 Å². The van der Waals surface area contributed by atoms with Gasteiger partial charge in [-0.15, -0.1) is 0 Å². The van der Waals surface area contributed by atoms with E-state index in [9.17, 15) is 0 Å². The first-order chi connectivity index (χ1) is 9.65. The van der Waals surface area contributed by atoms with Crippen LogP contribution in [0.5, 0.6) is 0 Å². The Morgan fingerprint density at radius 2 is 2.05 bits per heavy atom. The first-order valence-corrected chi connectivity index (χ1v) is 6.98. The van der Waals surface area contributed by atoms with E-state index in [0.717, 1.165) is 33.4 Å². The van der Waals surface area contributed by atoms with Crippen molar-refractivity contribution in [2.75, 3.05) is 0 Å². The van der Waals surface area contributed by atoms with Gasteiger partial charge in [0.25, 0.3) is 0 Å². The quantitative estimate of drug-likeness (QED) is 0.705. The van der Waals surface area contributed by atoms with Crippen LogP contribution < -0.4 is 0 Å². The van der Waals surface area contributed by atoms with Gasteiger partial charge in [-0.2, -0.15) is 0 Å². The highest BCUT2D eigenvalue weighted by Crippen LogP contribution is 2.28. The number of halogens is 1. The Balaban J connectivity index is 2.07. The fourth-order valence-electron chi connectivity index (χ4n) is 2.39. The minimum atomic E-state index is 0.141. The number of fused-ring (bicyclic) bond motifs is 1. The van der Waals surface area contributed by atoms with E-state index in [4.69, 9.17) is 16.6 Å². The molecular weight excluding hydrogens is 268 g/mol. The lowest BCUT2D eigenvalue weighted by atomic mass is 9.90. The average molecular weight is 283 g/mol. The molecule has 2 nitrogen and oxygen atoms in total. The Labute approximate surface area is 123 Å². The lowest BCUT2D eigenvalue weighted by molar-refractivity contribution is 1.12. The molecule has 0 N–H and O–H groups in total. The predicted octanol–water partition coefficient (Wildman–Crippen LogP) is 4.82. The van der Waals surface area contributed by atoms with E-state index in [-0.39, 0.29) is 5.92 Å². The van der Waals surface area contributed by atoms with Crippen molar-refractivity contribution in [3.8, 4) is 0 Å². The third-order valence-electron chi connectivity index (χ3n) is 3.47. The summed E-state index contributed by atoms with van der Waals surface area (Å²) in [4.78, 5) is 9.37. The monoisotopic (exact) mass is 282 g/mol. The second-order valence-corrected chi connectivity index (χ2v) is 5.37. The standard InChI is InChI=1S/C17H15ClN2/c1-11-10-17(13-6-3-4-8-16(13)19-11)20-15-9-5-7-14(18)12(15)2/h3-10,13H,1-2H3. The van der Waals surface area contributed by atoms with E-state index in [1.54, 1.807) is 0 Å². The molecule has 1 aromatic carbocycles. The molecule has 1 heterocycles. The molecule has 1 aliphatic carbocycles. The molecular formula is C17H15ClN2. The summed E-state index contributed by atoms with van der Waals surface area (Å²) in [5.74, 6) is 0.141. The van der Waals surface area contributed by atoms with Gasteiger partial charge in [0.05, 0.1) is 23.0 Å². The van der Waals surface area contributed by atoms with Gasteiger partial charge in [-0.1, -0.05) is 35.9 Å². The smallest absolute Gasteiger partial charge is 0.0677 e. The molecule has 1 aromatic rings. The van der Waals surface area contributed by atoms with Gasteiger partial charge in [-0.3, -0.25) is 9.98 Å². The molecule has 1 unspecified atom stereocenters. The normalized spacial score (nSPS) is 22.6. The van der Waals surface area contributed by atoms with E-state index in [0.29, 0.717) is 0 Å². The summed E-state index contributed by atoms with van der Waals surface area (Å²) >= 11 is 6.16. The molecule has 1 atom stereocenters. The van der Waals surface area contributed by atoms with Crippen LogP contribution in [0.2, 0.25) is 5.02 Å². The maximum absolute atomic E-state index is 6.16. The van der Waals surface area contributed by atoms with Crippen molar-refractivity contribution in [2.24, 2.45) is 15.9 Å². The van der Waals surface area contributed by atoms with Gasteiger partial charge >= 0.3 is 0 Å². The van der Waals surface area contributed by atoms with Crippen molar-refractivity contribution in [1.29, 1.82) is 0 Å². The van der Waals surface area contributed by atoms with Crippen LogP contribution in [-0.2, 0) is 0 Å². The summed E-state index contributed by atoms with van der Waals surface area (Å²) in [6.45, 7) is 3.99. The minimum absolute atomic E-state index is 0.141. The number of benzene rings is 1. The molecule has 3 rings (SSSR count). The second kappa shape index (κ2) is 5.22. The van der Waals surface area contributed by atoms with Crippen molar-refractivity contribution >= 4 is 28.7 Å². The van der Waals surface area contributed by atoms with Crippen LogP contribution in [0.3, 0.4) is 0 Å². The molecule has 0 amide bonds. The molecule has 0 aromatic heterocycles. The van der Waals surface area contributed by atoms with Crippen LogP contribution in [0, 0.1) is 12.8 Å². The number of rotatable bonds is 1. The Morgan fingerprint density at radius 1 is 1.20 bits per heavy atom. The van der Waals surface area contributed by atoms with E-state index in [1.807, 2.05) is 56.4 Å². The SMILES string of the molecule is CC1=CC(=Nc2cccc(Cl)c2C)C2C=CC=CC2=N1. The van der Waals surface area contributed by atoms with E-state index in [1.165, 1.54) is 0 Å². The Morgan fingerprint density at radius 3 is 2.90 bits per heavy atom. The number of nitrogens with zero attached hydrogens (tertiary/aromatic N) is 2. The topological polar surface area (TPSA) is 24.7 Å². The van der Waals surface area contributed by atoms with Gasteiger partial charge in [0.15, 0.2) is 0 Å². The molecule has 100 valence electrons. The van der Waals surface area contributed by atoms with Crippen molar-refractivity contribution in [3.05, 3.63) is 64.9 Å². The number of hydrogen-bond donors (Lipinski definition) is 0.